The molecule has 2 aromatic rings. The molecule has 0 radical (unpaired) electrons. The van der Waals surface area contributed by atoms with Gasteiger partial charge in [-0.1, -0.05) is 13.3 Å². The van der Waals surface area contributed by atoms with E-state index in [1.807, 2.05) is 0 Å². The van der Waals surface area contributed by atoms with Gasteiger partial charge in [0.05, 0.1) is 5.39 Å². The van der Waals surface area contributed by atoms with Crippen molar-refractivity contribution in [3.63, 3.8) is 0 Å². The third-order valence-corrected chi connectivity index (χ3v) is 4.33. The predicted octanol–water partition coefficient (Wildman–Crippen LogP) is 3.29. The van der Waals surface area contributed by atoms with Crippen LogP contribution in [0.4, 0.5) is 5.82 Å². The van der Waals surface area contributed by atoms with E-state index < -0.39 is 0 Å². The summed E-state index contributed by atoms with van der Waals surface area (Å²) in [7, 11) is 0. The van der Waals surface area contributed by atoms with Gasteiger partial charge in [-0.25, -0.2) is 9.97 Å². The molecule has 16 heavy (non-hydrogen) atoms. The molecule has 0 unspecified atom stereocenters. The summed E-state index contributed by atoms with van der Waals surface area (Å²) >= 11 is 1.66. The second-order valence-corrected chi connectivity index (χ2v) is 5.77. The monoisotopic (exact) mass is 233 g/mol. The van der Waals surface area contributed by atoms with E-state index in [1.54, 1.807) is 17.7 Å². The van der Waals surface area contributed by atoms with Crippen LogP contribution in [-0.4, -0.2) is 16.5 Å². The van der Waals surface area contributed by atoms with Crippen LogP contribution in [0.1, 0.15) is 26.2 Å². The van der Waals surface area contributed by atoms with Crippen LogP contribution in [0.25, 0.3) is 10.2 Å². The quantitative estimate of drug-likeness (QED) is 0.884. The summed E-state index contributed by atoms with van der Waals surface area (Å²) in [5, 5.41) is 6.69. The van der Waals surface area contributed by atoms with Gasteiger partial charge in [0, 0.05) is 6.54 Å². The molecule has 1 saturated carbocycles. The molecule has 1 aliphatic rings. The number of hydrogen-bond donors (Lipinski definition) is 1. The van der Waals surface area contributed by atoms with E-state index in [-0.39, 0.29) is 0 Å². The van der Waals surface area contributed by atoms with Crippen molar-refractivity contribution in [1.29, 1.82) is 0 Å². The zero-order chi connectivity index (χ0) is 11.0. The molecule has 84 valence electrons. The first-order valence-electron chi connectivity index (χ1n) is 5.69. The van der Waals surface area contributed by atoms with Gasteiger partial charge in [0.25, 0.3) is 0 Å². The Kier molecular flexibility index (Phi) is 2.32. The fourth-order valence-corrected chi connectivity index (χ4v) is 2.92. The Morgan fingerprint density at radius 1 is 1.44 bits per heavy atom. The summed E-state index contributed by atoms with van der Waals surface area (Å²) in [6, 6.07) is 2.09. The molecular formula is C12H15N3S. The van der Waals surface area contributed by atoms with Crippen LogP contribution in [0.2, 0.25) is 0 Å². The first kappa shape index (κ1) is 10.0. The molecule has 0 amide bonds. The van der Waals surface area contributed by atoms with E-state index in [4.69, 9.17) is 0 Å². The summed E-state index contributed by atoms with van der Waals surface area (Å²) in [4.78, 5) is 9.64. The van der Waals surface area contributed by atoms with Gasteiger partial charge in [-0.3, -0.25) is 0 Å². The van der Waals surface area contributed by atoms with Gasteiger partial charge in [-0.05, 0) is 29.7 Å². The third kappa shape index (κ3) is 1.67. The van der Waals surface area contributed by atoms with Gasteiger partial charge in [0.1, 0.15) is 17.0 Å². The largest absolute Gasteiger partial charge is 0.369 e. The zero-order valence-corrected chi connectivity index (χ0v) is 10.2. The van der Waals surface area contributed by atoms with Gasteiger partial charge in [-0.15, -0.1) is 11.3 Å². The fourth-order valence-electron chi connectivity index (χ4n) is 2.19. The molecule has 3 rings (SSSR count). The minimum Gasteiger partial charge on any atom is -0.369 e. The molecule has 2 heterocycles. The molecule has 2 aromatic heterocycles. The molecule has 0 spiro atoms. The molecule has 1 N–H and O–H groups in total. The number of hydrogen-bond acceptors (Lipinski definition) is 4. The first-order chi connectivity index (χ1) is 7.77. The summed E-state index contributed by atoms with van der Waals surface area (Å²) < 4.78 is 0. The van der Waals surface area contributed by atoms with Crippen LogP contribution in [0.3, 0.4) is 0 Å². The first-order valence-corrected chi connectivity index (χ1v) is 6.57. The number of thiophene rings is 1. The number of nitrogens with zero attached hydrogens (tertiary/aromatic N) is 2. The van der Waals surface area contributed by atoms with Crippen molar-refractivity contribution >= 4 is 27.4 Å². The lowest BCUT2D eigenvalue weighted by atomic mass is 9.70. The standard InChI is InChI=1S/C12H15N3S/c1-12(4-2-5-12)7-13-10-9-3-6-16-11(9)15-8-14-10/h3,6,8H,2,4-5,7H2,1H3,(H,13,14,15). The fraction of sp³-hybridized carbons (Fsp3) is 0.500. The predicted molar refractivity (Wildman–Crippen MR) is 67.9 cm³/mol. The number of aromatic nitrogens is 2. The second kappa shape index (κ2) is 3.70. The Bertz CT molecular complexity index is 502. The lowest BCUT2D eigenvalue weighted by molar-refractivity contribution is 0.180. The average molecular weight is 233 g/mol. The second-order valence-electron chi connectivity index (χ2n) is 4.88. The number of fused-ring (bicyclic) bond motifs is 1. The van der Waals surface area contributed by atoms with Crippen molar-refractivity contribution < 1.29 is 0 Å². The van der Waals surface area contributed by atoms with Crippen LogP contribution >= 0.6 is 11.3 Å². The molecule has 1 aliphatic carbocycles. The van der Waals surface area contributed by atoms with Crippen molar-refractivity contribution in [1.82, 2.24) is 9.97 Å². The van der Waals surface area contributed by atoms with Gasteiger partial charge < -0.3 is 5.32 Å². The maximum atomic E-state index is 4.33. The van der Waals surface area contributed by atoms with Crippen LogP contribution in [0, 0.1) is 5.41 Å². The molecule has 0 aromatic carbocycles. The van der Waals surface area contributed by atoms with Crippen molar-refractivity contribution in [2.45, 2.75) is 26.2 Å². The maximum Gasteiger partial charge on any atom is 0.138 e. The number of nitrogens with one attached hydrogen (secondary N) is 1. The normalized spacial score (nSPS) is 18.3. The van der Waals surface area contributed by atoms with E-state index in [1.165, 1.54) is 19.3 Å². The molecule has 0 saturated heterocycles. The van der Waals surface area contributed by atoms with Gasteiger partial charge in [0.15, 0.2) is 0 Å². The highest BCUT2D eigenvalue weighted by atomic mass is 32.1. The van der Waals surface area contributed by atoms with Gasteiger partial charge in [0.2, 0.25) is 0 Å². The van der Waals surface area contributed by atoms with Crippen molar-refractivity contribution in [2.24, 2.45) is 5.41 Å². The van der Waals surface area contributed by atoms with Gasteiger partial charge in [-0.2, -0.15) is 0 Å². The summed E-state index contributed by atoms with van der Waals surface area (Å²) in [5.41, 5.74) is 0.479. The summed E-state index contributed by atoms with van der Waals surface area (Å²) in [6.07, 6.45) is 5.68. The zero-order valence-electron chi connectivity index (χ0n) is 9.36. The number of anilines is 1. The van der Waals surface area contributed by atoms with Crippen LogP contribution in [-0.2, 0) is 0 Å². The van der Waals surface area contributed by atoms with Crippen molar-refractivity contribution in [3.8, 4) is 0 Å². The Hall–Kier alpha value is -1.16. The Labute approximate surface area is 98.9 Å². The SMILES string of the molecule is CC1(CNc2ncnc3sccc23)CCC1. The summed E-state index contributed by atoms with van der Waals surface area (Å²) in [6.45, 7) is 3.37. The Balaban J connectivity index is 1.81. The topological polar surface area (TPSA) is 37.8 Å². The highest BCUT2D eigenvalue weighted by Crippen LogP contribution is 2.40. The Morgan fingerprint density at radius 2 is 2.31 bits per heavy atom. The molecule has 0 aliphatic heterocycles. The van der Waals surface area contributed by atoms with Gasteiger partial charge >= 0.3 is 0 Å². The highest BCUT2D eigenvalue weighted by Gasteiger charge is 2.31. The van der Waals surface area contributed by atoms with E-state index in [9.17, 15) is 0 Å². The molecule has 0 atom stereocenters. The maximum absolute atomic E-state index is 4.33. The average Bonchev–Trinajstić information content (AvgIpc) is 2.72. The molecule has 4 heteroatoms. The summed E-state index contributed by atoms with van der Waals surface area (Å²) in [5.74, 6) is 0.986. The lowest BCUT2D eigenvalue weighted by Crippen LogP contribution is -2.33. The lowest BCUT2D eigenvalue weighted by Gasteiger charge is -2.38. The number of rotatable bonds is 3. The van der Waals surface area contributed by atoms with Crippen molar-refractivity contribution in [2.75, 3.05) is 11.9 Å². The third-order valence-electron chi connectivity index (χ3n) is 3.51. The van der Waals surface area contributed by atoms with E-state index in [0.29, 0.717) is 5.41 Å². The smallest absolute Gasteiger partial charge is 0.138 e. The molecule has 1 fully saturated rings. The molecular weight excluding hydrogens is 218 g/mol. The highest BCUT2D eigenvalue weighted by molar-refractivity contribution is 7.16. The van der Waals surface area contributed by atoms with Crippen LogP contribution in [0.5, 0.6) is 0 Å². The molecule has 3 nitrogen and oxygen atoms in total. The van der Waals surface area contributed by atoms with E-state index >= 15 is 0 Å². The minimum atomic E-state index is 0.479. The Morgan fingerprint density at radius 3 is 3.06 bits per heavy atom. The van der Waals surface area contributed by atoms with Crippen molar-refractivity contribution in [3.05, 3.63) is 17.8 Å². The van der Waals surface area contributed by atoms with E-state index in [0.717, 1.165) is 22.6 Å². The van der Waals surface area contributed by atoms with E-state index in [2.05, 4.69) is 33.7 Å². The van der Waals surface area contributed by atoms with Crippen LogP contribution < -0.4 is 5.32 Å². The minimum absolute atomic E-state index is 0.479. The molecule has 0 bridgehead atoms. The van der Waals surface area contributed by atoms with Crippen LogP contribution in [0.15, 0.2) is 17.8 Å².